The first-order chi connectivity index (χ1) is 7.61. The lowest BCUT2D eigenvalue weighted by atomic mass is 10.1. The van der Waals surface area contributed by atoms with Crippen molar-refractivity contribution >= 4 is 23.3 Å². The molecule has 0 aliphatic carbocycles. The van der Waals surface area contributed by atoms with Crippen LogP contribution < -0.4 is 5.32 Å². The van der Waals surface area contributed by atoms with Gasteiger partial charge in [0.05, 0.1) is 6.61 Å². The van der Waals surface area contributed by atoms with Gasteiger partial charge in [-0.15, -0.1) is 0 Å². The van der Waals surface area contributed by atoms with Gasteiger partial charge in [-0.3, -0.25) is 0 Å². The molecule has 2 rings (SSSR count). The number of anilines is 1. The summed E-state index contributed by atoms with van der Waals surface area (Å²) in [6.45, 7) is 2.07. The summed E-state index contributed by atoms with van der Waals surface area (Å²) in [5.74, 6) is -0.754. The molecular weight excluding hydrogens is 233 g/mol. The van der Waals surface area contributed by atoms with Gasteiger partial charge in [0.1, 0.15) is 11.9 Å². The molecule has 1 aromatic rings. The van der Waals surface area contributed by atoms with Gasteiger partial charge in [0.15, 0.2) is 0 Å². The van der Waals surface area contributed by atoms with E-state index < -0.39 is 11.9 Å². The van der Waals surface area contributed by atoms with Crippen LogP contribution in [0.4, 0.5) is 10.1 Å². The minimum Gasteiger partial charge on any atom is -0.464 e. The van der Waals surface area contributed by atoms with E-state index in [1.165, 1.54) is 12.1 Å². The zero-order valence-electron chi connectivity index (χ0n) is 8.72. The summed E-state index contributed by atoms with van der Waals surface area (Å²) in [7, 11) is 0. The molecule has 0 fully saturated rings. The Morgan fingerprint density at radius 3 is 3.12 bits per heavy atom. The lowest BCUT2D eigenvalue weighted by Crippen LogP contribution is -2.28. The van der Waals surface area contributed by atoms with Crippen molar-refractivity contribution in [3.63, 3.8) is 0 Å². The van der Waals surface area contributed by atoms with Gasteiger partial charge < -0.3 is 10.1 Å². The Bertz CT molecular complexity index is 436. The molecule has 1 aliphatic heterocycles. The highest BCUT2D eigenvalue weighted by molar-refractivity contribution is 6.32. The molecule has 5 heteroatoms. The molecule has 0 aromatic heterocycles. The van der Waals surface area contributed by atoms with E-state index in [0.717, 1.165) is 5.56 Å². The minimum atomic E-state index is -0.464. The molecule has 0 saturated heterocycles. The topological polar surface area (TPSA) is 38.3 Å². The van der Waals surface area contributed by atoms with Gasteiger partial charge in [-0.05, 0) is 24.6 Å². The van der Waals surface area contributed by atoms with Crippen LogP contribution in [0, 0.1) is 5.82 Å². The van der Waals surface area contributed by atoms with Crippen molar-refractivity contribution in [3.8, 4) is 0 Å². The van der Waals surface area contributed by atoms with E-state index in [9.17, 15) is 9.18 Å². The van der Waals surface area contributed by atoms with E-state index in [1.807, 2.05) is 0 Å². The highest BCUT2D eigenvalue weighted by Gasteiger charge is 2.29. The third-order valence-corrected chi connectivity index (χ3v) is 2.81. The molecule has 0 bridgehead atoms. The average Bonchev–Trinajstić information content (AvgIpc) is 2.62. The lowest BCUT2D eigenvalue weighted by molar-refractivity contribution is -0.143. The number of esters is 1. The van der Waals surface area contributed by atoms with Crippen molar-refractivity contribution in [2.75, 3.05) is 11.9 Å². The van der Waals surface area contributed by atoms with E-state index in [4.69, 9.17) is 16.3 Å². The van der Waals surface area contributed by atoms with Crippen LogP contribution in [0.1, 0.15) is 12.5 Å². The third-order valence-electron chi connectivity index (χ3n) is 2.47. The van der Waals surface area contributed by atoms with Crippen LogP contribution in [0.3, 0.4) is 0 Å². The van der Waals surface area contributed by atoms with Gasteiger partial charge >= 0.3 is 5.97 Å². The van der Waals surface area contributed by atoms with Crippen LogP contribution in [0.5, 0.6) is 0 Å². The Kier molecular flexibility index (Phi) is 3.01. The molecule has 1 atom stereocenters. The van der Waals surface area contributed by atoms with Crippen LogP contribution in [0.15, 0.2) is 12.1 Å². The maximum absolute atomic E-state index is 13.1. The molecule has 16 heavy (non-hydrogen) atoms. The maximum Gasteiger partial charge on any atom is 0.328 e. The first-order valence-electron chi connectivity index (χ1n) is 5.03. The molecule has 0 amide bonds. The summed E-state index contributed by atoms with van der Waals surface area (Å²) < 4.78 is 17.9. The Hall–Kier alpha value is -1.29. The molecule has 86 valence electrons. The minimum absolute atomic E-state index is 0.329. The largest absolute Gasteiger partial charge is 0.464 e. The van der Waals surface area contributed by atoms with Crippen molar-refractivity contribution in [1.82, 2.24) is 0 Å². The Morgan fingerprint density at radius 1 is 1.69 bits per heavy atom. The first-order valence-corrected chi connectivity index (χ1v) is 5.40. The normalized spacial score (nSPS) is 17.8. The number of benzene rings is 1. The predicted octanol–water partition coefficient (Wildman–Crippen LogP) is 2.38. The standard InChI is InChI=1S/C11H11ClFNO2/c1-2-16-11(15)10-5-7-8(12)3-6(13)4-9(7)14-10/h3-4,10,14H,2,5H2,1H3/t10-/m1/s1. The van der Waals surface area contributed by atoms with Crippen molar-refractivity contribution in [2.24, 2.45) is 0 Å². The van der Waals surface area contributed by atoms with Crippen molar-refractivity contribution < 1.29 is 13.9 Å². The first kappa shape index (κ1) is 11.2. The molecule has 1 heterocycles. The molecule has 3 nitrogen and oxygen atoms in total. The van der Waals surface area contributed by atoms with Crippen molar-refractivity contribution in [3.05, 3.63) is 28.5 Å². The third kappa shape index (κ3) is 1.97. The van der Waals surface area contributed by atoms with Crippen LogP contribution in [0.2, 0.25) is 5.02 Å². The van der Waals surface area contributed by atoms with E-state index in [-0.39, 0.29) is 5.97 Å². The van der Waals surface area contributed by atoms with Crippen molar-refractivity contribution in [2.45, 2.75) is 19.4 Å². The highest BCUT2D eigenvalue weighted by atomic mass is 35.5. The van der Waals surface area contributed by atoms with Crippen LogP contribution >= 0.6 is 11.6 Å². The fraction of sp³-hybridized carbons (Fsp3) is 0.364. The number of nitrogens with one attached hydrogen (secondary N) is 1. The van der Waals surface area contributed by atoms with Crippen LogP contribution in [-0.2, 0) is 16.0 Å². The molecule has 1 aliphatic rings. The molecule has 0 unspecified atom stereocenters. The number of hydrogen-bond donors (Lipinski definition) is 1. The summed E-state index contributed by atoms with van der Waals surface area (Å²) in [5.41, 5.74) is 1.34. The van der Waals surface area contributed by atoms with Gasteiger partial charge in [0.25, 0.3) is 0 Å². The van der Waals surface area contributed by atoms with Crippen molar-refractivity contribution in [1.29, 1.82) is 0 Å². The van der Waals surface area contributed by atoms with Crippen LogP contribution in [-0.4, -0.2) is 18.6 Å². The van der Waals surface area contributed by atoms with E-state index >= 15 is 0 Å². The summed E-state index contributed by atoms with van der Waals surface area (Å²) in [4.78, 5) is 11.5. The number of halogens is 2. The fourth-order valence-corrected chi connectivity index (χ4v) is 2.05. The number of carbonyl (C=O) groups excluding carboxylic acids is 1. The van der Waals surface area contributed by atoms with Gasteiger partial charge in [-0.1, -0.05) is 11.6 Å². The van der Waals surface area contributed by atoms with E-state index in [2.05, 4.69) is 5.32 Å². The fourth-order valence-electron chi connectivity index (χ4n) is 1.77. The second kappa shape index (κ2) is 4.29. The molecule has 1 aromatic carbocycles. The van der Waals surface area contributed by atoms with E-state index in [1.54, 1.807) is 6.92 Å². The van der Waals surface area contributed by atoms with Gasteiger partial charge in [0.2, 0.25) is 0 Å². The maximum atomic E-state index is 13.1. The number of carbonyl (C=O) groups is 1. The lowest BCUT2D eigenvalue weighted by Gasteiger charge is -2.09. The second-order valence-electron chi connectivity index (χ2n) is 3.57. The summed E-state index contributed by atoms with van der Waals surface area (Å²) in [6.07, 6.45) is 0.438. The van der Waals surface area contributed by atoms with Gasteiger partial charge in [-0.25, -0.2) is 9.18 Å². The Labute approximate surface area is 97.5 Å². The average molecular weight is 244 g/mol. The van der Waals surface area contributed by atoms with Gasteiger partial charge in [-0.2, -0.15) is 0 Å². The molecule has 0 saturated carbocycles. The molecule has 0 radical (unpaired) electrons. The summed E-state index contributed by atoms with van der Waals surface area (Å²) >= 11 is 5.89. The SMILES string of the molecule is CCOC(=O)[C@H]1Cc2c(Cl)cc(F)cc2N1. The number of hydrogen-bond acceptors (Lipinski definition) is 3. The molecular formula is C11H11ClFNO2. The summed E-state index contributed by atoms with van der Waals surface area (Å²) in [5, 5.41) is 3.24. The summed E-state index contributed by atoms with van der Waals surface area (Å²) in [6, 6.07) is 2.12. The van der Waals surface area contributed by atoms with Gasteiger partial charge in [0, 0.05) is 17.1 Å². The number of fused-ring (bicyclic) bond motifs is 1. The monoisotopic (exact) mass is 243 g/mol. The molecule has 1 N–H and O–H groups in total. The quantitative estimate of drug-likeness (QED) is 0.811. The Morgan fingerprint density at radius 2 is 2.44 bits per heavy atom. The zero-order valence-corrected chi connectivity index (χ0v) is 9.47. The number of rotatable bonds is 2. The highest BCUT2D eigenvalue weighted by Crippen LogP contribution is 2.33. The zero-order chi connectivity index (χ0) is 11.7. The smallest absolute Gasteiger partial charge is 0.328 e. The number of ether oxygens (including phenoxy) is 1. The van der Waals surface area contributed by atoms with E-state index in [0.29, 0.717) is 23.7 Å². The Balaban J connectivity index is 2.21. The van der Waals surface area contributed by atoms with Crippen LogP contribution in [0.25, 0.3) is 0 Å². The predicted molar refractivity (Wildman–Crippen MR) is 59.2 cm³/mol. The second-order valence-corrected chi connectivity index (χ2v) is 3.97. The molecule has 0 spiro atoms.